The largest absolute Gasteiger partial charge is 0.497 e. The molecule has 20 heavy (non-hydrogen) atoms. The van der Waals surface area contributed by atoms with Crippen LogP contribution in [0.5, 0.6) is 5.75 Å². The Kier molecular flexibility index (Phi) is 5.22. The first-order valence-electron chi connectivity index (χ1n) is 6.95. The Hall–Kier alpha value is -1.77. The fourth-order valence-electron chi connectivity index (χ4n) is 2.45. The predicted molar refractivity (Wildman–Crippen MR) is 80.1 cm³/mol. The molecule has 1 aromatic carbocycles. The van der Waals surface area contributed by atoms with Gasteiger partial charge in [-0.25, -0.2) is 0 Å². The molecule has 0 spiro atoms. The average molecular weight is 274 g/mol. The van der Waals surface area contributed by atoms with Crippen LogP contribution in [0.3, 0.4) is 0 Å². The van der Waals surface area contributed by atoms with Crippen LogP contribution in [0.4, 0.5) is 5.69 Å². The first-order valence-corrected chi connectivity index (χ1v) is 6.95. The zero-order valence-corrected chi connectivity index (χ0v) is 12.2. The van der Waals surface area contributed by atoms with Gasteiger partial charge < -0.3 is 15.0 Å². The van der Waals surface area contributed by atoms with Crippen molar-refractivity contribution in [3.63, 3.8) is 0 Å². The number of nitrogens with one attached hydrogen (secondary N) is 1. The summed E-state index contributed by atoms with van der Waals surface area (Å²) in [6, 6.07) is 10.4. The Morgan fingerprint density at radius 2 is 2.10 bits per heavy atom. The van der Waals surface area contributed by atoms with Gasteiger partial charge in [-0.15, -0.1) is 0 Å². The van der Waals surface area contributed by atoms with Gasteiger partial charge >= 0.3 is 0 Å². The molecule has 1 saturated heterocycles. The Morgan fingerprint density at radius 3 is 2.70 bits per heavy atom. The molecule has 0 aliphatic carbocycles. The Bertz CT molecular complexity index is 463. The minimum absolute atomic E-state index is 0.0848. The van der Waals surface area contributed by atoms with E-state index in [2.05, 4.69) is 33.3 Å². The van der Waals surface area contributed by atoms with E-state index in [-0.39, 0.29) is 6.04 Å². The third-order valence-corrected chi connectivity index (χ3v) is 3.74. The number of ether oxygens (including phenoxy) is 1. The molecule has 0 bridgehead atoms. The van der Waals surface area contributed by atoms with E-state index in [1.807, 2.05) is 19.2 Å². The van der Waals surface area contributed by atoms with Crippen molar-refractivity contribution in [2.45, 2.75) is 6.04 Å². The summed E-state index contributed by atoms with van der Waals surface area (Å²) < 4.78 is 5.27. The van der Waals surface area contributed by atoms with Crippen LogP contribution in [0.1, 0.15) is 0 Å². The lowest BCUT2D eigenvalue weighted by Gasteiger charge is -2.36. The molecule has 1 N–H and O–H groups in total. The molecule has 0 aromatic heterocycles. The number of methoxy groups -OCH3 is 1. The standard InChI is InChI=1S/C15H22N4O/c1-17-13(11-16)12-18-6-8-19(9-7-18)14-4-3-5-15(10-14)20-2/h3-5,10,13,17H,6-9,12H2,1-2H3. The number of anilines is 1. The van der Waals surface area contributed by atoms with E-state index < -0.39 is 0 Å². The summed E-state index contributed by atoms with van der Waals surface area (Å²) in [5, 5.41) is 12.0. The SMILES string of the molecule is CNC(C#N)CN1CCN(c2cccc(OC)c2)CC1. The van der Waals surface area contributed by atoms with Gasteiger partial charge in [-0.3, -0.25) is 4.90 Å². The number of nitriles is 1. The van der Waals surface area contributed by atoms with Crippen LogP contribution in [0.2, 0.25) is 0 Å². The summed E-state index contributed by atoms with van der Waals surface area (Å²) >= 11 is 0. The fourth-order valence-corrected chi connectivity index (χ4v) is 2.45. The lowest BCUT2D eigenvalue weighted by molar-refractivity contribution is 0.246. The van der Waals surface area contributed by atoms with Crippen LogP contribution in [0.25, 0.3) is 0 Å². The van der Waals surface area contributed by atoms with E-state index >= 15 is 0 Å². The second-order valence-electron chi connectivity index (χ2n) is 4.96. The van der Waals surface area contributed by atoms with Crippen molar-refractivity contribution in [2.75, 3.05) is 51.8 Å². The summed E-state index contributed by atoms with van der Waals surface area (Å²) in [4.78, 5) is 4.70. The van der Waals surface area contributed by atoms with Crippen LogP contribution >= 0.6 is 0 Å². The number of benzene rings is 1. The zero-order valence-electron chi connectivity index (χ0n) is 12.2. The molecular formula is C15H22N4O. The van der Waals surface area contributed by atoms with Gasteiger partial charge in [-0.1, -0.05) is 6.07 Å². The second kappa shape index (κ2) is 7.13. The number of hydrogen-bond donors (Lipinski definition) is 1. The molecule has 0 saturated carbocycles. The summed E-state index contributed by atoms with van der Waals surface area (Å²) in [5.74, 6) is 0.893. The monoisotopic (exact) mass is 274 g/mol. The van der Waals surface area contributed by atoms with Gasteiger partial charge in [0.05, 0.1) is 13.2 Å². The maximum atomic E-state index is 8.98. The summed E-state index contributed by atoms with van der Waals surface area (Å²) in [6.07, 6.45) is 0. The third-order valence-electron chi connectivity index (χ3n) is 3.74. The Balaban J connectivity index is 1.89. The van der Waals surface area contributed by atoms with Crippen molar-refractivity contribution >= 4 is 5.69 Å². The van der Waals surface area contributed by atoms with Gasteiger partial charge in [0.15, 0.2) is 0 Å². The molecule has 1 aromatic rings. The van der Waals surface area contributed by atoms with Crippen molar-refractivity contribution in [2.24, 2.45) is 0 Å². The molecule has 0 amide bonds. The molecule has 1 unspecified atom stereocenters. The highest BCUT2D eigenvalue weighted by Crippen LogP contribution is 2.22. The molecule has 1 fully saturated rings. The first kappa shape index (κ1) is 14.6. The fraction of sp³-hybridized carbons (Fsp3) is 0.533. The third kappa shape index (κ3) is 3.62. The number of hydrogen-bond acceptors (Lipinski definition) is 5. The normalized spacial score (nSPS) is 17.6. The van der Waals surface area contributed by atoms with Crippen LogP contribution in [-0.4, -0.2) is 57.8 Å². The smallest absolute Gasteiger partial charge is 0.120 e. The molecular weight excluding hydrogens is 252 g/mol. The van der Waals surface area contributed by atoms with Gasteiger partial charge in [-0.05, 0) is 19.2 Å². The molecule has 1 atom stereocenters. The highest BCUT2D eigenvalue weighted by atomic mass is 16.5. The van der Waals surface area contributed by atoms with Crippen molar-refractivity contribution in [1.82, 2.24) is 10.2 Å². The van der Waals surface area contributed by atoms with E-state index in [0.717, 1.165) is 38.5 Å². The molecule has 108 valence electrons. The van der Waals surface area contributed by atoms with E-state index in [1.165, 1.54) is 5.69 Å². The van der Waals surface area contributed by atoms with Crippen molar-refractivity contribution in [3.8, 4) is 11.8 Å². The highest BCUT2D eigenvalue weighted by Gasteiger charge is 2.19. The summed E-state index contributed by atoms with van der Waals surface area (Å²) in [5.41, 5.74) is 1.20. The number of likely N-dealkylation sites (N-methyl/N-ethyl adjacent to an activating group) is 1. The second-order valence-corrected chi connectivity index (χ2v) is 4.96. The summed E-state index contributed by atoms with van der Waals surface area (Å²) in [7, 11) is 3.53. The molecule has 0 radical (unpaired) electrons. The number of nitrogens with zero attached hydrogens (tertiary/aromatic N) is 3. The Morgan fingerprint density at radius 1 is 1.35 bits per heavy atom. The van der Waals surface area contributed by atoms with Gasteiger partial charge in [-0.2, -0.15) is 5.26 Å². The van der Waals surface area contributed by atoms with Crippen molar-refractivity contribution < 1.29 is 4.74 Å². The minimum atomic E-state index is -0.0848. The molecule has 1 aliphatic rings. The maximum Gasteiger partial charge on any atom is 0.120 e. The van der Waals surface area contributed by atoms with Gasteiger partial charge in [0.2, 0.25) is 0 Å². The lowest BCUT2D eigenvalue weighted by atomic mass is 10.2. The Labute approximate surface area is 120 Å². The molecule has 1 aliphatic heterocycles. The van der Waals surface area contributed by atoms with Gasteiger partial charge in [0.1, 0.15) is 11.8 Å². The number of rotatable bonds is 5. The highest BCUT2D eigenvalue weighted by molar-refractivity contribution is 5.51. The van der Waals surface area contributed by atoms with Crippen LogP contribution in [-0.2, 0) is 0 Å². The molecule has 2 rings (SSSR count). The van der Waals surface area contributed by atoms with E-state index in [9.17, 15) is 0 Å². The van der Waals surface area contributed by atoms with Crippen LogP contribution in [0, 0.1) is 11.3 Å². The van der Waals surface area contributed by atoms with Gasteiger partial charge in [0, 0.05) is 44.5 Å². The number of piperazine rings is 1. The molecule has 5 nitrogen and oxygen atoms in total. The maximum absolute atomic E-state index is 8.98. The van der Waals surface area contributed by atoms with E-state index in [4.69, 9.17) is 10.00 Å². The summed E-state index contributed by atoms with van der Waals surface area (Å²) in [6.45, 7) is 4.72. The van der Waals surface area contributed by atoms with Crippen molar-refractivity contribution in [3.05, 3.63) is 24.3 Å². The zero-order chi connectivity index (χ0) is 14.4. The molecule has 5 heteroatoms. The quantitative estimate of drug-likeness (QED) is 0.865. The lowest BCUT2D eigenvalue weighted by Crippen LogP contribution is -2.50. The average Bonchev–Trinajstić information content (AvgIpc) is 2.53. The first-order chi connectivity index (χ1) is 9.76. The van der Waals surface area contributed by atoms with Crippen LogP contribution < -0.4 is 15.0 Å². The van der Waals surface area contributed by atoms with Crippen molar-refractivity contribution in [1.29, 1.82) is 5.26 Å². The topological polar surface area (TPSA) is 51.5 Å². The van der Waals surface area contributed by atoms with Crippen LogP contribution in [0.15, 0.2) is 24.3 Å². The van der Waals surface area contributed by atoms with Gasteiger partial charge in [0.25, 0.3) is 0 Å². The molecule has 1 heterocycles. The van der Waals surface area contributed by atoms with E-state index in [0.29, 0.717) is 0 Å². The minimum Gasteiger partial charge on any atom is -0.497 e. The predicted octanol–water partition coefficient (Wildman–Crippen LogP) is 0.929. The van der Waals surface area contributed by atoms with E-state index in [1.54, 1.807) is 7.11 Å².